The highest BCUT2D eigenvalue weighted by Gasteiger charge is 2.13. The van der Waals surface area contributed by atoms with E-state index in [0.717, 1.165) is 5.56 Å². The summed E-state index contributed by atoms with van der Waals surface area (Å²) >= 11 is 0. The number of benzene rings is 1. The number of hydrogen-bond donors (Lipinski definition) is 4. The summed E-state index contributed by atoms with van der Waals surface area (Å²) in [6.45, 7) is 9.09. The van der Waals surface area contributed by atoms with Crippen molar-refractivity contribution in [2.24, 2.45) is 4.99 Å². The van der Waals surface area contributed by atoms with Crippen LogP contribution >= 0.6 is 0 Å². The van der Waals surface area contributed by atoms with Gasteiger partial charge in [-0.1, -0.05) is 30.3 Å². The summed E-state index contributed by atoms with van der Waals surface area (Å²) in [6, 6.07) is 9.55. The molecular weight excluding hydrogens is 304 g/mol. The van der Waals surface area contributed by atoms with Gasteiger partial charge in [-0.15, -0.1) is 0 Å². The number of rotatable bonds is 7. The summed E-state index contributed by atoms with van der Waals surface area (Å²) in [6.07, 6.45) is 0.0357. The lowest BCUT2D eigenvalue weighted by Crippen LogP contribution is -2.43. The van der Waals surface area contributed by atoms with Gasteiger partial charge in [0.15, 0.2) is 5.96 Å². The number of carbonyl (C=O) groups excluding carboxylic acids is 1. The zero-order chi connectivity index (χ0) is 18.0. The van der Waals surface area contributed by atoms with Crippen LogP contribution in [0.25, 0.3) is 0 Å². The zero-order valence-electron chi connectivity index (χ0n) is 15.1. The third kappa shape index (κ3) is 8.53. The van der Waals surface area contributed by atoms with Crippen LogP contribution in [0.5, 0.6) is 0 Å². The lowest BCUT2D eigenvalue weighted by Gasteiger charge is -2.20. The summed E-state index contributed by atoms with van der Waals surface area (Å²) < 4.78 is 0. The van der Waals surface area contributed by atoms with E-state index < -0.39 is 6.10 Å². The van der Waals surface area contributed by atoms with Crippen molar-refractivity contribution < 1.29 is 9.90 Å². The molecule has 0 aromatic heterocycles. The van der Waals surface area contributed by atoms with Gasteiger partial charge >= 0.3 is 0 Å². The van der Waals surface area contributed by atoms with Crippen LogP contribution in [0.3, 0.4) is 0 Å². The van der Waals surface area contributed by atoms with E-state index in [9.17, 15) is 9.90 Å². The molecule has 0 bridgehead atoms. The maximum absolute atomic E-state index is 11.8. The Bertz CT molecular complexity index is 524. The molecule has 1 amide bonds. The van der Waals surface area contributed by atoms with Crippen LogP contribution < -0.4 is 16.0 Å². The minimum Gasteiger partial charge on any atom is -0.388 e. The molecule has 0 saturated heterocycles. The minimum atomic E-state index is -0.522. The lowest BCUT2D eigenvalue weighted by molar-refractivity contribution is -0.121. The highest BCUT2D eigenvalue weighted by Crippen LogP contribution is 2.14. The molecule has 1 aromatic rings. The molecule has 6 nitrogen and oxygen atoms in total. The summed E-state index contributed by atoms with van der Waals surface area (Å²) in [5.41, 5.74) is 0.629. The number of amides is 1. The second-order valence-corrected chi connectivity index (χ2v) is 6.64. The predicted molar refractivity (Wildman–Crippen MR) is 97.9 cm³/mol. The van der Waals surface area contributed by atoms with Gasteiger partial charge in [-0.2, -0.15) is 0 Å². The highest BCUT2D eigenvalue weighted by atomic mass is 16.3. The van der Waals surface area contributed by atoms with Crippen molar-refractivity contribution in [1.82, 2.24) is 16.0 Å². The molecule has 0 aliphatic heterocycles. The first-order valence-electron chi connectivity index (χ1n) is 8.38. The predicted octanol–water partition coefficient (Wildman–Crippen LogP) is 1.58. The number of aliphatic hydroxyl groups is 1. The third-order valence-electron chi connectivity index (χ3n) is 3.13. The summed E-state index contributed by atoms with van der Waals surface area (Å²) in [4.78, 5) is 16.1. The summed E-state index contributed by atoms with van der Waals surface area (Å²) in [5.74, 6) is 0.450. The van der Waals surface area contributed by atoms with Gasteiger partial charge in [0.2, 0.25) is 5.91 Å². The number of carbonyl (C=O) groups is 1. The molecule has 1 atom stereocenters. The number of nitrogens with zero attached hydrogens (tertiary/aromatic N) is 1. The van der Waals surface area contributed by atoms with Gasteiger partial charge in [-0.25, -0.2) is 4.99 Å². The standard InChI is InChI=1S/C18H30N4O2/c1-5-19-17(21-13-16(24)22-18(2,3)4)20-12-11-15(23)14-9-7-6-8-10-14/h6-10,15,23H,5,11-13H2,1-4H3,(H,22,24)(H2,19,20,21). The Kier molecular flexibility index (Phi) is 8.26. The first-order chi connectivity index (χ1) is 11.3. The molecule has 6 heteroatoms. The molecule has 1 unspecified atom stereocenters. The number of nitrogens with one attached hydrogen (secondary N) is 3. The number of guanidine groups is 1. The van der Waals surface area contributed by atoms with Crippen molar-refractivity contribution in [2.75, 3.05) is 19.6 Å². The Morgan fingerprint density at radius 2 is 1.88 bits per heavy atom. The second-order valence-electron chi connectivity index (χ2n) is 6.64. The summed E-state index contributed by atoms with van der Waals surface area (Å²) in [5, 5.41) is 19.2. The Hall–Kier alpha value is -2.08. The first kappa shape index (κ1) is 20.0. The van der Waals surface area contributed by atoms with Crippen molar-refractivity contribution in [3.8, 4) is 0 Å². The van der Waals surface area contributed by atoms with E-state index in [0.29, 0.717) is 25.5 Å². The minimum absolute atomic E-state index is 0.0633. The largest absolute Gasteiger partial charge is 0.388 e. The van der Waals surface area contributed by atoms with Crippen LogP contribution in [0.4, 0.5) is 0 Å². The third-order valence-corrected chi connectivity index (χ3v) is 3.13. The molecule has 0 radical (unpaired) electrons. The van der Waals surface area contributed by atoms with Gasteiger partial charge in [-0.05, 0) is 39.7 Å². The van der Waals surface area contributed by atoms with Crippen LogP contribution in [0.2, 0.25) is 0 Å². The topological polar surface area (TPSA) is 85.8 Å². The van der Waals surface area contributed by atoms with Crippen molar-refractivity contribution in [3.63, 3.8) is 0 Å². The first-order valence-corrected chi connectivity index (χ1v) is 8.38. The zero-order valence-corrected chi connectivity index (χ0v) is 15.1. The molecule has 0 aliphatic carbocycles. The normalized spacial score (nSPS) is 13.3. The van der Waals surface area contributed by atoms with Gasteiger partial charge in [0, 0.05) is 18.6 Å². The maximum Gasteiger partial charge on any atom is 0.242 e. The fraction of sp³-hybridized carbons (Fsp3) is 0.556. The van der Waals surface area contributed by atoms with Crippen molar-refractivity contribution >= 4 is 11.9 Å². The van der Waals surface area contributed by atoms with E-state index >= 15 is 0 Å². The van der Waals surface area contributed by atoms with Crippen molar-refractivity contribution in [1.29, 1.82) is 0 Å². The van der Waals surface area contributed by atoms with Gasteiger partial charge in [0.1, 0.15) is 6.54 Å². The van der Waals surface area contributed by atoms with Crippen LogP contribution in [-0.2, 0) is 4.79 Å². The van der Waals surface area contributed by atoms with Crippen molar-refractivity contribution in [2.45, 2.75) is 45.8 Å². The second kappa shape index (κ2) is 9.93. The number of hydrogen-bond acceptors (Lipinski definition) is 3. The van der Waals surface area contributed by atoms with Crippen LogP contribution in [0.1, 0.15) is 45.8 Å². The van der Waals surface area contributed by atoms with Gasteiger partial charge in [0.05, 0.1) is 6.10 Å². The quantitative estimate of drug-likeness (QED) is 0.450. The average molecular weight is 334 g/mol. The molecule has 24 heavy (non-hydrogen) atoms. The molecule has 4 N–H and O–H groups in total. The lowest BCUT2D eigenvalue weighted by atomic mass is 10.1. The van der Waals surface area contributed by atoms with E-state index in [1.807, 2.05) is 58.0 Å². The molecule has 1 rings (SSSR count). The Morgan fingerprint density at radius 3 is 2.46 bits per heavy atom. The smallest absolute Gasteiger partial charge is 0.242 e. The Morgan fingerprint density at radius 1 is 1.21 bits per heavy atom. The molecular formula is C18H30N4O2. The molecule has 0 spiro atoms. The van der Waals surface area contributed by atoms with Crippen LogP contribution in [-0.4, -0.2) is 42.1 Å². The van der Waals surface area contributed by atoms with Gasteiger partial charge in [-0.3, -0.25) is 4.79 Å². The summed E-state index contributed by atoms with van der Waals surface area (Å²) in [7, 11) is 0. The number of aliphatic imine (C=N–C) groups is 1. The average Bonchev–Trinajstić information content (AvgIpc) is 2.51. The maximum atomic E-state index is 11.8. The van der Waals surface area contributed by atoms with E-state index in [4.69, 9.17) is 0 Å². The van der Waals surface area contributed by atoms with Crippen LogP contribution in [0, 0.1) is 0 Å². The molecule has 0 aliphatic rings. The van der Waals surface area contributed by atoms with E-state index in [-0.39, 0.29) is 18.0 Å². The van der Waals surface area contributed by atoms with E-state index in [1.54, 1.807) is 0 Å². The molecule has 0 heterocycles. The fourth-order valence-corrected chi connectivity index (χ4v) is 2.12. The SMILES string of the molecule is CCNC(=NCC(=O)NC(C)(C)C)NCCC(O)c1ccccc1. The van der Waals surface area contributed by atoms with E-state index in [1.165, 1.54) is 0 Å². The molecule has 1 aromatic carbocycles. The monoisotopic (exact) mass is 334 g/mol. The molecule has 134 valence electrons. The molecule has 0 fully saturated rings. The highest BCUT2D eigenvalue weighted by molar-refractivity contribution is 5.85. The Labute approximate surface area is 144 Å². The van der Waals surface area contributed by atoms with Crippen LogP contribution in [0.15, 0.2) is 35.3 Å². The molecule has 0 saturated carbocycles. The van der Waals surface area contributed by atoms with Gasteiger partial charge in [0.25, 0.3) is 0 Å². The van der Waals surface area contributed by atoms with Gasteiger partial charge < -0.3 is 21.1 Å². The Balaban J connectivity index is 2.45. The van der Waals surface area contributed by atoms with E-state index in [2.05, 4.69) is 20.9 Å². The fourth-order valence-electron chi connectivity index (χ4n) is 2.12. The number of aliphatic hydroxyl groups excluding tert-OH is 1. The van der Waals surface area contributed by atoms with Crippen molar-refractivity contribution in [3.05, 3.63) is 35.9 Å².